The van der Waals surface area contributed by atoms with Crippen LogP contribution < -0.4 is 10.1 Å². The molecule has 0 radical (unpaired) electrons. The Kier molecular flexibility index (Phi) is 5.73. The Morgan fingerprint density at radius 2 is 2.00 bits per heavy atom. The van der Waals surface area contributed by atoms with Crippen LogP contribution in [0.15, 0.2) is 18.3 Å². The fourth-order valence-corrected chi connectivity index (χ4v) is 2.49. The first-order valence-electron chi connectivity index (χ1n) is 7.40. The van der Waals surface area contributed by atoms with Gasteiger partial charge in [-0.05, 0) is 38.7 Å². The van der Waals surface area contributed by atoms with Gasteiger partial charge in [-0.25, -0.2) is 4.98 Å². The Labute approximate surface area is 137 Å². The summed E-state index contributed by atoms with van der Waals surface area (Å²) in [6.45, 7) is 1.61. The summed E-state index contributed by atoms with van der Waals surface area (Å²) in [5.74, 6) is -0.0136. The van der Waals surface area contributed by atoms with Crippen LogP contribution in [0.1, 0.15) is 38.2 Å². The van der Waals surface area contributed by atoms with Crippen LogP contribution in [0.4, 0.5) is 13.2 Å². The normalized spacial score (nSPS) is 23.2. The van der Waals surface area contributed by atoms with Crippen molar-refractivity contribution in [1.29, 1.82) is 0 Å². The lowest BCUT2D eigenvalue weighted by atomic mass is 9.93. The van der Waals surface area contributed by atoms with E-state index in [1.54, 1.807) is 6.92 Å². The van der Waals surface area contributed by atoms with Crippen molar-refractivity contribution in [3.8, 4) is 5.88 Å². The zero-order valence-electron chi connectivity index (χ0n) is 12.6. The smallest absolute Gasteiger partial charge is 0.417 e. The van der Waals surface area contributed by atoms with Crippen LogP contribution in [0, 0.1) is 0 Å². The molecule has 4 nitrogen and oxygen atoms in total. The second-order valence-corrected chi connectivity index (χ2v) is 6.25. The Morgan fingerprint density at radius 1 is 1.35 bits per heavy atom. The van der Waals surface area contributed by atoms with Gasteiger partial charge in [0.2, 0.25) is 11.8 Å². The van der Waals surface area contributed by atoms with Gasteiger partial charge in [-0.1, -0.05) is 0 Å². The van der Waals surface area contributed by atoms with E-state index < -0.39 is 17.1 Å². The fraction of sp³-hybridized carbons (Fsp3) is 0.600. The van der Waals surface area contributed by atoms with Crippen LogP contribution in [-0.2, 0) is 11.0 Å². The summed E-state index contributed by atoms with van der Waals surface area (Å²) in [5, 5.41) is 2.29. The molecule has 1 aromatic rings. The third kappa shape index (κ3) is 5.27. The Hall–Kier alpha value is -1.50. The number of amides is 1. The molecule has 0 saturated heterocycles. The number of ether oxygens (including phenoxy) is 1. The molecule has 1 aliphatic carbocycles. The minimum Gasteiger partial charge on any atom is -0.474 e. The van der Waals surface area contributed by atoms with Gasteiger partial charge in [-0.3, -0.25) is 4.79 Å². The van der Waals surface area contributed by atoms with Crippen LogP contribution in [0.2, 0.25) is 0 Å². The number of nitrogens with zero attached hydrogens (tertiary/aromatic N) is 1. The van der Waals surface area contributed by atoms with Gasteiger partial charge in [0.1, 0.15) is 11.5 Å². The van der Waals surface area contributed by atoms with E-state index in [2.05, 4.69) is 10.3 Å². The van der Waals surface area contributed by atoms with Crippen LogP contribution in [0.25, 0.3) is 0 Å². The number of aromatic nitrogens is 1. The number of nitrogens with one attached hydrogen (secondary N) is 1. The highest BCUT2D eigenvalue weighted by Gasteiger charge is 2.31. The average Bonchev–Trinajstić information content (AvgIpc) is 2.49. The van der Waals surface area contributed by atoms with Gasteiger partial charge in [0.25, 0.3) is 0 Å². The van der Waals surface area contributed by atoms with Gasteiger partial charge in [-0.2, -0.15) is 13.2 Å². The van der Waals surface area contributed by atoms with E-state index in [-0.39, 0.29) is 23.9 Å². The molecule has 1 atom stereocenters. The average molecular weight is 351 g/mol. The number of pyridine rings is 1. The third-order valence-corrected chi connectivity index (χ3v) is 3.93. The van der Waals surface area contributed by atoms with Gasteiger partial charge < -0.3 is 10.1 Å². The lowest BCUT2D eigenvalue weighted by molar-refractivity contribution is -0.137. The molecule has 0 spiro atoms. The lowest BCUT2D eigenvalue weighted by Crippen LogP contribution is -2.42. The first-order valence-corrected chi connectivity index (χ1v) is 7.83. The van der Waals surface area contributed by atoms with Crippen molar-refractivity contribution >= 4 is 17.5 Å². The van der Waals surface area contributed by atoms with Crippen molar-refractivity contribution < 1.29 is 22.7 Å². The molecule has 23 heavy (non-hydrogen) atoms. The number of hydrogen-bond acceptors (Lipinski definition) is 3. The number of carbonyl (C=O) groups is 1. The standard InChI is InChI=1S/C15H18ClF3N2O2/c1-9(16)14(22)21-11-3-5-12(6-4-11)23-13-7-2-10(8-20-13)15(17,18)19/h2,7-9,11-12H,3-6H2,1H3,(H,21,22). The van der Waals surface area contributed by atoms with Crippen LogP contribution in [0.3, 0.4) is 0 Å². The van der Waals surface area contributed by atoms with E-state index in [1.165, 1.54) is 6.07 Å². The lowest BCUT2D eigenvalue weighted by Gasteiger charge is -2.29. The van der Waals surface area contributed by atoms with E-state index in [4.69, 9.17) is 16.3 Å². The molecule has 1 aliphatic rings. The van der Waals surface area contributed by atoms with Gasteiger partial charge in [0.15, 0.2) is 0 Å². The van der Waals surface area contributed by atoms with E-state index >= 15 is 0 Å². The summed E-state index contributed by atoms with van der Waals surface area (Å²) in [5.41, 5.74) is -0.800. The van der Waals surface area contributed by atoms with Gasteiger partial charge in [0, 0.05) is 18.3 Å². The number of carbonyl (C=O) groups excluding carboxylic acids is 1. The molecule has 1 N–H and O–H groups in total. The van der Waals surface area contributed by atoms with Gasteiger partial charge >= 0.3 is 6.18 Å². The molecule has 0 aromatic carbocycles. The van der Waals surface area contributed by atoms with Gasteiger partial charge in [-0.15, -0.1) is 11.6 Å². The highest BCUT2D eigenvalue weighted by molar-refractivity contribution is 6.30. The molecular weight excluding hydrogens is 333 g/mol. The Balaban J connectivity index is 1.81. The third-order valence-electron chi connectivity index (χ3n) is 3.73. The van der Waals surface area contributed by atoms with Crippen LogP contribution in [-0.4, -0.2) is 28.4 Å². The maximum atomic E-state index is 12.5. The van der Waals surface area contributed by atoms with Crippen LogP contribution >= 0.6 is 11.6 Å². The number of halogens is 4. The maximum absolute atomic E-state index is 12.5. The molecule has 1 amide bonds. The molecule has 1 aromatic heterocycles. The highest BCUT2D eigenvalue weighted by atomic mass is 35.5. The summed E-state index contributed by atoms with van der Waals surface area (Å²) in [6, 6.07) is 2.24. The van der Waals surface area contributed by atoms with Crippen molar-refractivity contribution in [2.75, 3.05) is 0 Å². The van der Waals surface area contributed by atoms with Crippen molar-refractivity contribution in [3.05, 3.63) is 23.9 Å². The number of alkyl halides is 4. The van der Waals surface area contributed by atoms with Crippen molar-refractivity contribution in [3.63, 3.8) is 0 Å². The summed E-state index contributed by atoms with van der Waals surface area (Å²) in [6.07, 6.45) is -0.874. The summed E-state index contributed by atoms with van der Waals surface area (Å²) >= 11 is 5.70. The molecule has 2 rings (SSSR count). The predicted octanol–water partition coefficient (Wildman–Crippen LogP) is 3.53. The quantitative estimate of drug-likeness (QED) is 0.845. The zero-order valence-corrected chi connectivity index (χ0v) is 13.3. The van der Waals surface area contributed by atoms with Crippen molar-refractivity contribution in [1.82, 2.24) is 10.3 Å². The zero-order chi connectivity index (χ0) is 17.0. The highest BCUT2D eigenvalue weighted by Crippen LogP contribution is 2.30. The molecule has 0 aliphatic heterocycles. The van der Waals surface area contributed by atoms with Crippen molar-refractivity contribution in [2.24, 2.45) is 0 Å². The van der Waals surface area contributed by atoms with Gasteiger partial charge in [0.05, 0.1) is 5.56 Å². The second kappa shape index (κ2) is 7.38. The number of hydrogen-bond donors (Lipinski definition) is 1. The van der Waals surface area contributed by atoms with Crippen LogP contribution in [0.5, 0.6) is 5.88 Å². The minimum atomic E-state index is -4.40. The summed E-state index contributed by atoms with van der Waals surface area (Å²) in [4.78, 5) is 15.2. The Morgan fingerprint density at radius 3 is 2.48 bits per heavy atom. The molecular formula is C15H18ClF3N2O2. The summed E-state index contributed by atoms with van der Waals surface area (Å²) in [7, 11) is 0. The largest absolute Gasteiger partial charge is 0.474 e. The SMILES string of the molecule is CC(Cl)C(=O)NC1CCC(Oc2ccc(C(F)(F)F)cn2)CC1. The molecule has 1 saturated carbocycles. The molecule has 1 fully saturated rings. The Bertz CT molecular complexity index is 527. The summed E-state index contributed by atoms with van der Waals surface area (Å²) < 4.78 is 43.0. The van der Waals surface area contributed by atoms with E-state index in [1.807, 2.05) is 0 Å². The molecule has 1 heterocycles. The van der Waals surface area contributed by atoms with E-state index in [0.29, 0.717) is 12.8 Å². The second-order valence-electron chi connectivity index (χ2n) is 5.60. The first kappa shape index (κ1) is 17.8. The fourth-order valence-electron chi connectivity index (χ4n) is 2.43. The minimum absolute atomic E-state index is 0.0594. The maximum Gasteiger partial charge on any atom is 0.417 e. The monoisotopic (exact) mass is 350 g/mol. The molecule has 0 bridgehead atoms. The van der Waals surface area contributed by atoms with E-state index in [0.717, 1.165) is 25.1 Å². The molecule has 8 heteroatoms. The number of rotatable bonds is 4. The predicted molar refractivity (Wildman–Crippen MR) is 79.4 cm³/mol. The molecule has 1 unspecified atom stereocenters. The first-order chi connectivity index (χ1) is 10.8. The van der Waals surface area contributed by atoms with Crippen molar-refractivity contribution in [2.45, 2.75) is 56.3 Å². The van der Waals surface area contributed by atoms with E-state index in [9.17, 15) is 18.0 Å². The topological polar surface area (TPSA) is 51.2 Å². The molecule has 128 valence electrons.